The van der Waals surface area contributed by atoms with Gasteiger partial charge in [0.2, 0.25) is 0 Å². The van der Waals surface area contributed by atoms with Gasteiger partial charge in [0.05, 0.1) is 12.6 Å². The largest absolute Gasteiger partial charge is 0.365 e. The minimum Gasteiger partial charge on any atom is -0.365 e. The predicted molar refractivity (Wildman–Crippen MR) is 96.7 cm³/mol. The number of hydrogen-bond donors (Lipinski definition) is 1. The van der Waals surface area contributed by atoms with E-state index in [0.717, 1.165) is 11.1 Å². The number of carbonyl (C=O) groups excluding carboxylic acids is 2. The first-order valence-electron chi connectivity index (χ1n) is 8.47. The van der Waals surface area contributed by atoms with Gasteiger partial charge in [0.15, 0.2) is 0 Å². The van der Waals surface area contributed by atoms with Crippen LogP contribution in [0.25, 0.3) is 0 Å². The third-order valence-corrected chi connectivity index (χ3v) is 4.53. The van der Waals surface area contributed by atoms with Crippen molar-refractivity contribution in [2.24, 2.45) is 0 Å². The molecule has 1 atom stereocenters. The highest BCUT2D eigenvalue weighted by Gasteiger charge is 2.27. The number of hydrogen-bond acceptors (Lipinski definition) is 3. The van der Waals surface area contributed by atoms with Crippen molar-refractivity contribution >= 4 is 17.5 Å². The first-order valence-corrected chi connectivity index (χ1v) is 8.47. The van der Waals surface area contributed by atoms with E-state index in [4.69, 9.17) is 4.74 Å². The molecule has 0 aromatic heterocycles. The van der Waals surface area contributed by atoms with Crippen LogP contribution in [-0.4, -0.2) is 37.6 Å². The van der Waals surface area contributed by atoms with Gasteiger partial charge in [0, 0.05) is 17.8 Å². The van der Waals surface area contributed by atoms with Crippen molar-refractivity contribution in [3.63, 3.8) is 0 Å². The number of ether oxygens (including phenoxy) is 1. The van der Waals surface area contributed by atoms with Gasteiger partial charge in [-0.05, 0) is 61.4 Å². The molecule has 5 nitrogen and oxygen atoms in total. The maximum Gasteiger partial charge on any atom is 0.253 e. The number of benzene rings is 2. The summed E-state index contributed by atoms with van der Waals surface area (Å²) in [6.07, 6.45) is -0.326. The first kappa shape index (κ1) is 18.1. The highest BCUT2D eigenvalue weighted by molar-refractivity contribution is 5.95. The topological polar surface area (TPSA) is 58.6 Å². The number of morpholine rings is 1. The fourth-order valence-electron chi connectivity index (χ4n) is 2.81. The molecule has 1 N–H and O–H groups in total. The van der Waals surface area contributed by atoms with Crippen molar-refractivity contribution in [3.8, 4) is 0 Å². The summed E-state index contributed by atoms with van der Waals surface area (Å²) in [6, 6.07) is 11.3. The predicted octanol–water partition coefficient (Wildman–Crippen LogP) is 2.60. The molecular formula is C20H21FN2O3. The summed E-state index contributed by atoms with van der Waals surface area (Å²) in [5, 5.41) is 2.85. The number of rotatable bonds is 4. The second kappa shape index (κ2) is 7.66. The lowest BCUT2D eigenvalue weighted by atomic mass is 10.1. The minimum absolute atomic E-state index is 0.0679. The van der Waals surface area contributed by atoms with E-state index in [1.54, 1.807) is 23.1 Å². The fourth-order valence-corrected chi connectivity index (χ4v) is 2.81. The highest BCUT2D eigenvalue weighted by atomic mass is 19.1. The van der Waals surface area contributed by atoms with Crippen molar-refractivity contribution in [1.29, 1.82) is 0 Å². The van der Waals surface area contributed by atoms with E-state index in [1.807, 2.05) is 26.0 Å². The molecule has 1 aliphatic rings. The average Bonchev–Trinajstić information content (AvgIpc) is 2.64. The van der Waals surface area contributed by atoms with Crippen molar-refractivity contribution in [2.75, 3.05) is 24.6 Å². The first-order chi connectivity index (χ1) is 12.4. The lowest BCUT2D eigenvalue weighted by molar-refractivity contribution is -0.129. The fraction of sp³-hybridized carbons (Fsp3) is 0.300. The molecule has 1 saturated heterocycles. The molecule has 2 aromatic rings. The van der Waals surface area contributed by atoms with Crippen LogP contribution in [0.2, 0.25) is 0 Å². The molecule has 1 unspecified atom stereocenters. The van der Waals surface area contributed by atoms with E-state index in [0.29, 0.717) is 17.8 Å². The van der Waals surface area contributed by atoms with Gasteiger partial charge in [-0.1, -0.05) is 6.07 Å². The number of halogens is 1. The van der Waals surface area contributed by atoms with Crippen LogP contribution in [0.15, 0.2) is 42.5 Å². The molecule has 26 heavy (non-hydrogen) atoms. The maximum atomic E-state index is 13.1. The summed E-state index contributed by atoms with van der Waals surface area (Å²) in [5.74, 6) is -0.720. The van der Waals surface area contributed by atoms with Crippen LogP contribution >= 0.6 is 0 Å². The molecule has 3 rings (SSSR count). The van der Waals surface area contributed by atoms with E-state index in [9.17, 15) is 14.0 Å². The normalized spacial score (nSPS) is 17.3. The molecule has 0 aliphatic carbocycles. The van der Waals surface area contributed by atoms with E-state index in [-0.39, 0.29) is 36.9 Å². The zero-order valence-electron chi connectivity index (χ0n) is 14.8. The van der Waals surface area contributed by atoms with E-state index < -0.39 is 0 Å². The van der Waals surface area contributed by atoms with Gasteiger partial charge in [0.1, 0.15) is 12.4 Å². The Bertz CT molecular complexity index is 820. The van der Waals surface area contributed by atoms with Crippen molar-refractivity contribution < 1.29 is 18.7 Å². The number of anilines is 1. The third kappa shape index (κ3) is 4.08. The van der Waals surface area contributed by atoms with Gasteiger partial charge >= 0.3 is 0 Å². The Hall–Kier alpha value is -2.73. The zero-order valence-corrected chi connectivity index (χ0v) is 14.8. The molecular weight excluding hydrogens is 335 g/mol. The second-order valence-electron chi connectivity index (χ2n) is 6.42. The summed E-state index contributed by atoms with van der Waals surface area (Å²) < 4.78 is 18.6. The molecule has 0 saturated carbocycles. The summed E-state index contributed by atoms with van der Waals surface area (Å²) in [4.78, 5) is 25.9. The number of amides is 2. The molecule has 6 heteroatoms. The smallest absolute Gasteiger partial charge is 0.253 e. The van der Waals surface area contributed by atoms with Crippen LogP contribution in [0.3, 0.4) is 0 Å². The third-order valence-electron chi connectivity index (χ3n) is 4.53. The van der Waals surface area contributed by atoms with Crippen LogP contribution in [0, 0.1) is 19.7 Å². The van der Waals surface area contributed by atoms with Gasteiger partial charge in [-0.15, -0.1) is 0 Å². The summed E-state index contributed by atoms with van der Waals surface area (Å²) in [5.41, 5.74) is 3.39. The van der Waals surface area contributed by atoms with Gasteiger partial charge in [-0.3, -0.25) is 9.59 Å². The molecule has 136 valence electrons. The van der Waals surface area contributed by atoms with Gasteiger partial charge in [0.25, 0.3) is 11.8 Å². The van der Waals surface area contributed by atoms with Crippen LogP contribution in [0.1, 0.15) is 21.5 Å². The summed E-state index contributed by atoms with van der Waals surface area (Å²) in [6.45, 7) is 4.48. The van der Waals surface area contributed by atoms with Crippen LogP contribution in [0.4, 0.5) is 10.1 Å². The van der Waals surface area contributed by atoms with E-state index >= 15 is 0 Å². The molecule has 2 amide bonds. The standard InChI is InChI=1S/C20H21FN2O3/c1-13-3-4-15(9-14(13)2)20(25)22-10-18-11-23(19(24)12-26-18)17-7-5-16(21)6-8-17/h3-9,18H,10-12H2,1-2H3,(H,22,25). The van der Waals surface area contributed by atoms with Gasteiger partial charge < -0.3 is 15.0 Å². The summed E-state index contributed by atoms with van der Waals surface area (Å²) >= 11 is 0. The Kier molecular flexibility index (Phi) is 5.32. The number of nitrogens with zero attached hydrogens (tertiary/aromatic N) is 1. The zero-order chi connectivity index (χ0) is 18.7. The highest BCUT2D eigenvalue weighted by Crippen LogP contribution is 2.19. The molecule has 2 aromatic carbocycles. The van der Waals surface area contributed by atoms with Crippen molar-refractivity contribution in [1.82, 2.24) is 5.32 Å². The number of nitrogens with one attached hydrogen (secondary N) is 1. The molecule has 1 aliphatic heterocycles. The Morgan fingerprint density at radius 2 is 1.92 bits per heavy atom. The lowest BCUT2D eigenvalue weighted by Crippen LogP contribution is -2.50. The SMILES string of the molecule is Cc1ccc(C(=O)NCC2CN(c3ccc(F)cc3)C(=O)CO2)cc1C. The molecule has 1 heterocycles. The van der Waals surface area contributed by atoms with Crippen LogP contribution < -0.4 is 10.2 Å². The number of aryl methyl sites for hydroxylation is 2. The Morgan fingerprint density at radius 3 is 2.62 bits per heavy atom. The minimum atomic E-state index is -0.355. The molecule has 1 fully saturated rings. The van der Waals surface area contributed by atoms with E-state index in [1.165, 1.54) is 12.1 Å². The average molecular weight is 356 g/mol. The second-order valence-corrected chi connectivity index (χ2v) is 6.42. The van der Waals surface area contributed by atoms with Gasteiger partial charge in [-0.25, -0.2) is 4.39 Å². The lowest BCUT2D eigenvalue weighted by Gasteiger charge is -2.32. The van der Waals surface area contributed by atoms with Crippen molar-refractivity contribution in [3.05, 3.63) is 65.0 Å². The quantitative estimate of drug-likeness (QED) is 0.916. The van der Waals surface area contributed by atoms with Crippen molar-refractivity contribution in [2.45, 2.75) is 20.0 Å². The molecule has 0 radical (unpaired) electrons. The Balaban J connectivity index is 1.61. The number of carbonyl (C=O) groups is 2. The Labute approximate surface area is 151 Å². The molecule has 0 bridgehead atoms. The monoisotopic (exact) mass is 356 g/mol. The Morgan fingerprint density at radius 1 is 1.19 bits per heavy atom. The summed E-state index contributed by atoms with van der Waals surface area (Å²) in [7, 11) is 0. The van der Waals surface area contributed by atoms with Crippen LogP contribution in [-0.2, 0) is 9.53 Å². The van der Waals surface area contributed by atoms with Crippen LogP contribution in [0.5, 0.6) is 0 Å². The maximum absolute atomic E-state index is 13.1. The van der Waals surface area contributed by atoms with Gasteiger partial charge in [-0.2, -0.15) is 0 Å². The van der Waals surface area contributed by atoms with E-state index in [2.05, 4.69) is 5.32 Å². The molecule has 0 spiro atoms.